The fourth-order valence-electron chi connectivity index (χ4n) is 3.36. The molecule has 0 aromatic carbocycles. The fourth-order valence-corrected chi connectivity index (χ4v) is 4.14. The van der Waals surface area contributed by atoms with Crippen LogP contribution in [-0.4, -0.2) is 65.7 Å². The van der Waals surface area contributed by atoms with Gasteiger partial charge in [0.15, 0.2) is 0 Å². The molecule has 3 atom stereocenters. The van der Waals surface area contributed by atoms with Crippen molar-refractivity contribution in [2.24, 2.45) is 0 Å². The second-order valence-electron chi connectivity index (χ2n) is 9.35. The number of carbonyl (C=O) groups is 2. The Morgan fingerprint density at radius 3 is 1.65 bits per heavy atom. The highest BCUT2D eigenvalue weighted by Crippen LogP contribution is 2.43. The number of hydrogen-bond donors (Lipinski definition) is 3. The van der Waals surface area contributed by atoms with Gasteiger partial charge in [0.05, 0.1) is 26.4 Å². The van der Waals surface area contributed by atoms with Crippen molar-refractivity contribution in [1.29, 1.82) is 0 Å². The lowest BCUT2D eigenvalue weighted by Crippen LogP contribution is -2.28. The number of unbranched alkanes of at least 4 members (excludes halogenated alkanes) is 6. The first kappa shape index (κ1) is 38.2. The van der Waals surface area contributed by atoms with E-state index < -0.39 is 58.4 Å². The van der Waals surface area contributed by atoms with Crippen molar-refractivity contribution in [1.82, 2.24) is 0 Å². The number of carbonyl (C=O) groups excluding carboxylic acids is 2. The number of aliphatic hydroxyl groups excluding tert-OH is 2. The summed E-state index contributed by atoms with van der Waals surface area (Å²) in [5.74, 6) is -1.07. The van der Waals surface area contributed by atoms with Gasteiger partial charge in [-0.3, -0.25) is 18.6 Å². The monoisotopic (exact) mass is 590 g/mol. The molecule has 0 aliphatic heterocycles. The number of phosphoric acid groups is 1. The Hall–Kier alpha value is -1.81. The maximum Gasteiger partial charge on any atom is 0.472 e. The highest BCUT2D eigenvalue weighted by molar-refractivity contribution is 7.47. The lowest BCUT2D eigenvalue weighted by atomic mass is 10.1. The molecular formula is C29H51O10P. The Morgan fingerprint density at radius 2 is 1.18 bits per heavy atom. The van der Waals surface area contributed by atoms with E-state index in [2.05, 4.69) is 50.3 Å². The molecule has 0 rings (SSSR count). The SMILES string of the molecule is CC/C=C\C/C=C\C/C=C\CCCCCC(=O)OC(CO)COP(=O)(O)OCC(CO)OC(=O)CCCCCC. The number of ether oxygens (including phenoxy) is 2. The van der Waals surface area contributed by atoms with E-state index in [1.165, 1.54) is 0 Å². The van der Waals surface area contributed by atoms with Crippen LogP contribution >= 0.6 is 7.82 Å². The third kappa shape index (κ3) is 24.0. The molecule has 0 radical (unpaired) electrons. The van der Waals surface area contributed by atoms with Crippen molar-refractivity contribution in [3.8, 4) is 0 Å². The van der Waals surface area contributed by atoms with Gasteiger partial charge in [0, 0.05) is 12.8 Å². The molecule has 0 saturated heterocycles. The summed E-state index contributed by atoms with van der Waals surface area (Å²) in [6, 6.07) is 0. The molecule has 40 heavy (non-hydrogen) atoms. The van der Waals surface area contributed by atoms with Crippen molar-refractivity contribution < 1.29 is 47.8 Å². The summed E-state index contributed by atoms with van der Waals surface area (Å²) < 4.78 is 31.9. The Kier molecular flexibility index (Phi) is 24.9. The number of esters is 2. The summed E-state index contributed by atoms with van der Waals surface area (Å²) in [5.41, 5.74) is 0. The van der Waals surface area contributed by atoms with Gasteiger partial charge in [-0.05, 0) is 44.9 Å². The summed E-state index contributed by atoms with van der Waals surface area (Å²) in [6.07, 6.45) is 20.7. The number of rotatable bonds is 26. The van der Waals surface area contributed by atoms with Gasteiger partial charge in [0.1, 0.15) is 12.2 Å². The summed E-state index contributed by atoms with van der Waals surface area (Å²) in [4.78, 5) is 33.7. The zero-order chi connectivity index (χ0) is 29.9. The Labute approximate surface area is 240 Å². The van der Waals surface area contributed by atoms with Gasteiger partial charge in [-0.25, -0.2) is 4.57 Å². The molecule has 10 nitrogen and oxygen atoms in total. The van der Waals surface area contributed by atoms with Gasteiger partial charge < -0.3 is 24.6 Å². The molecule has 0 aromatic heterocycles. The Bertz CT molecular complexity index is 781. The predicted octanol–water partition coefficient (Wildman–Crippen LogP) is 5.71. The highest BCUT2D eigenvalue weighted by Gasteiger charge is 2.27. The first-order valence-electron chi connectivity index (χ1n) is 14.4. The average Bonchev–Trinajstić information content (AvgIpc) is 2.93. The molecule has 0 heterocycles. The molecular weight excluding hydrogens is 539 g/mol. The Balaban J connectivity index is 4.13. The quantitative estimate of drug-likeness (QED) is 0.0495. The van der Waals surface area contributed by atoms with Crippen LogP contribution in [0.3, 0.4) is 0 Å². The molecule has 0 amide bonds. The van der Waals surface area contributed by atoms with Gasteiger partial charge in [-0.1, -0.05) is 76.0 Å². The molecule has 0 saturated carbocycles. The molecule has 3 N–H and O–H groups in total. The van der Waals surface area contributed by atoms with E-state index in [9.17, 15) is 29.3 Å². The van der Waals surface area contributed by atoms with Gasteiger partial charge in [-0.2, -0.15) is 0 Å². The Morgan fingerprint density at radius 1 is 0.700 bits per heavy atom. The van der Waals surface area contributed by atoms with Crippen LogP contribution in [0.5, 0.6) is 0 Å². The maximum absolute atomic E-state index is 12.1. The van der Waals surface area contributed by atoms with Crippen LogP contribution < -0.4 is 0 Å². The second-order valence-corrected chi connectivity index (χ2v) is 10.8. The van der Waals surface area contributed by atoms with Crippen molar-refractivity contribution >= 4 is 19.8 Å². The molecule has 11 heteroatoms. The number of aliphatic hydroxyl groups is 2. The summed E-state index contributed by atoms with van der Waals surface area (Å²) in [5, 5.41) is 18.8. The van der Waals surface area contributed by atoms with Gasteiger partial charge in [0.2, 0.25) is 0 Å². The fraction of sp³-hybridized carbons (Fsp3) is 0.724. The predicted molar refractivity (Wildman–Crippen MR) is 154 cm³/mol. The van der Waals surface area contributed by atoms with Crippen molar-refractivity contribution in [3.05, 3.63) is 36.5 Å². The third-order valence-electron chi connectivity index (χ3n) is 5.62. The zero-order valence-electron chi connectivity index (χ0n) is 24.3. The van der Waals surface area contributed by atoms with E-state index in [1.807, 2.05) is 0 Å². The highest BCUT2D eigenvalue weighted by atomic mass is 31.2. The summed E-state index contributed by atoms with van der Waals surface area (Å²) in [7, 11) is -4.61. The van der Waals surface area contributed by atoms with E-state index in [-0.39, 0.29) is 12.8 Å². The maximum atomic E-state index is 12.1. The van der Waals surface area contributed by atoms with Crippen LogP contribution in [0.25, 0.3) is 0 Å². The van der Waals surface area contributed by atoms with Crippen LogP contribution in [0.15, 0.2) is 36.5 Å². The van der Waals surface area contributed by atoms with E-state index in [1.54, 1.807) is 0 Å². The lowest BCUT2D eigenvalue weighted by molar-refractivity contribution is -0.153. The minimum Gasteiger partial charge on any atom is -0.457 e. The number of hydrogen-bond acceptors (Lipinski definition) is 9. The molecule has 0 aromatic rings. The molecule has 0 aliphatic carbocycles. The number of allylic oxidation sites excluding steroid dienone is 6. The van der Waals surface area contributed by atoms with Crippen molar-refractivity contribution in [3.63, 3.8) is 0 Å². The standard InChI is InChI=1S/C29H51O10P/c1-3-5-7-9-10-11-12-13-14-15-16-17-19-21-29(33)39-27(23-31)25-37-40(34,35)36-24-26(22-30)38-28(32)20-18-8-6-4-2/h5,7,10-11,13-14,26-27,30-31H,3-4,6,8-9,12,15-25H2,1-2H3,(H,34,35)/b7-5-,11-10-,14-13-. The largest absolute Gasteiger partial charge is 0.472 e. The normalized spacial score (nSPS) is 15.0. The zero-order valence-corrected chi connectivity index (χ0v) is 25.2. The van der Waals surface area contributed by atoms with E-state index in [4.69, 9.17) is 18.5 Å². The van der Waals surface area contributed by atoms with Crippen LogP contribution in [-0.2, 0) is 32.7 Å². The van der Waals surface area contributed by atoms with Gasteiger partial charge in [-0.15, -0.1) is 0 Å². The van der Waals surface area contributed by atoms with Gasteiger partial charge >= 0.3 is 19.8 Å². The van der Waals surface area contributed by atoms with Crippen molar-refractivity contribution in [2.75, 3.05) is 26.4 Å². The van der Waals surface area contributed by atoms with E-state index in [0.717, 1.165) is 57.8 Å². The third-order valence-corrected chi connectivity index (χ3v) is 6.57. The average molecular weight is 591 g/mol. The first-order valence-corrected chi connectivity index (χ1v) is 15.9. The first-order chi connectivity index (χ1) is 19.3. The van der Waals surface area contributed by atoms with Crippen molar-refractivity contribution in [2.45, 2.75) is 110 Å². The molecule has 0 spiro atoms. The number of phosphoric ester groups is 1. The molecule has 0 aliphatic rings. The smallest absolute Gasteiger partial charge is 0.457 e. The minimum absolute atomic E-state index is 0.156. The molecule has 0 fully saturated rings. The lowest BCUT2D eigenvalue weighted by Gasteiger charge is -2.20. The van der Waals surface area contributed by atoms with E-state index in [0.29, 0.717) is 12.8 Å². The second kappa shape index (κ2) is 26.1. The van der Waals surface area contributed by atoms with Crippen LogP contribution in [0.1, 0.15) is 97.3 Å². The van der Waals surface area contributed by atoms with E-state index >= 15 is 0 Å². The minimum atomic E-state index is -4.61. The molecule has 3 unspecified atom stereocenters. The summed E-state index contributed by atoms with van der Waals surface area (Å²) in [6.45, 7) is 1.84. The van der Waals surface area contributed by atoms with Gasteiger partial charge in [0.25, 0.3) is 0 Å². The van der Waals surface area contributed by atoms with Crippen LogP contribution in [0.2, 0.25) is 0 Å². The molecule has 232 valence electrons. The molecule has 0 bridgehead atoms. The topological polar surface area (TPSA) is 149 Å². The van der Waals surface area contributed by atoms with Crippen LogP contribution in [0, 0.1) is 0 Å². The van der Waals surface area contributed by atoms with Crippen LogP contribution in [0.4, 0.5) is 0 Å². The summed E-state index contributed by atoms with van der Waals surface area (Å²) >= 11 is 0.